The second-order valence-corrected chi connectivity index (χ2v) is 8.15. The van der Waals surface area contributed by atoms with Gasteiger partial charge in [-0.05, 0) is 50.5 Å². The number of aryl methyl sites for hydroxylation is 2. The van der Waals surface area contributed by atoms with Crippen LogP contribution in [0, 0.1) is 13.8 Å². The van der Waals surface area contributed by atoms with Gasteiger partial charge in [-0.2, -0.15) is 0 Å². The average Bonchev–Trinajstić information content (AvgIpc) is 3.06. The molecule has 5 nitrogen and oxygen atoms in total. The molecule has 3 aromatic rings. The van der Waals surface area contributed by atoms with E-state index in [0.29, 0.717) is 6.54 Å². The van der Waals surface area contributed by atoms with Crippen LogP contribution in [0.4, 0.5) is 0 Å². The summed E-state index contributed by atoms with van der Waals surface area (Å²) in [5.74, 6) is 0.380. The summed E-state index contributed by atoms with van der Waals surface area (Å²) in [6, 6.07) is 9.87. The Morgan fingerprint density at radius 2 is 2.00 bits per heavy atom. The maximum Gasteiger partial charge on any atom is 0.253 e. The van der Waals surface area contributed by atoms with Crippen LogP contribution in [-0.4, -0.2) is 38.8 Å². The Morgan fingerprint density at radius 3 is 2.67 bits per heavy atom. The standard InChI is InChI=1S/C21H22N4OS/c1-14-20(27-15(2)24-14)16-5-7-17(8-6-16)21(26)25-11-3-4-18(12-25)19-9-10-22-13-23-19/h5-10,13,18H,3-4,11-12H2,1-2H3/t18-/m0/s1. The van der Waals surface area contributed by atoms with Crippen molar-refractivity contribution in [3.05, 3.63) is 64.8 Å². The Morgan fingerprint density at radius 1 is 1.19 bits per heavy atom. The number of aromatic nitrogens is 3. The molecule has 1 atom stereocenters. The van der Waals surface area contributed by atoms with E-state index in [1.165, 1.54) is 4.88 Å². The predicted molar refractivity (Wildman–Crippen MR) is 107 cm³/mol. The molecule has 27 heavy (non-hydrogen) atoms. The van der Waals surface area contributed by atoms with Crippen molar-refractivity contribution in [3.63, 3.8) is 0 Å². The topological polar surface area (TPSA) is 59.0 Å². The molecule has 0 radical (unpaired) electrons. The van der Waals surface area contributed by atoms with Gasteiger partial charge in [0.05, 0.1) is 15.6 Å². The van der Waals surface area contributed by atoms with E-state index in [0.717, 1.165) is 46.9 Å². The van der Waals surface area contributed by atoms with Gasteiger partial charge in [-0.3, -0.25) is 4.79 Å². The van der Waals surface area contributed by atoms with Crippen molar-refractivity contribution in [1.82, 2.24) is 19.9 Å². The number of carbonyl (C=O) groups is 1. The van der Waals surface area contributed by atoms with Crippen molar-refractivity contribution in [2.24, 2.45) is 0 Å². The van der Waals surface area contributed by atoms with Crippen molar-refractivity contribution < 1.29 is 4.79 Å². The first kappa shape index (κ1) is 17.8. The predicted octanol–water partition coefficient (Wildman–Crippen LogP) is 4.24. The Kier molecular flexibility index (Phi) is 4.99. The molecular weight excluding hydrogens is 356 g/mol. The zero-order chi connectivity index (χ0) is 18.8. The van der Waals surface area contributed by atoms with E-state index in [9.17, 15) is 4.79 Å². The van der Waals surface area contributed by atoms with Crippen molar-refractivity contribution >= 4 is 17.2 Å². The van der Waals surface area contributed by atoms with Crippen LogP contribution in [0.3, 0.4) is 0 Å². The van der Waals surface area contributed by atoms with Crippen molar-refractivity contribution in [2.75, 3.05) is 13.1 Å². The fourth-order valence-corrected chi connectivity index (χ4v) is 4.62. The monoisotopic (exact) mass is 378 g/mol. The van der Waals surface area contributed by atoms with Crippen molar-refractivity contribution in [3.8, 4) is 10.4 Å². The molecular formula is C21H22N4OS. The number of hydrogen-bond donors (Lipinski definition) is 0. The van der Waals surface area contributed by atoms with Crippen LogP contribution in [0.15, 0.2) is 42.9 Å². The number of hydrogen-bond acceptors (Lipinski definition) is 5. The molecule has 0 saturated carbocycles. The third-order valence-electron chi connectivity index (χ3n) is 5.03. The fourth-order valence-electron chi connectivity index (χ4n) is 3.69. The Bertz CT molecular complexity index is 937. The second-order valence-electron chi connectivity index (χ2n) is 6.95. The minimum atomic E-state index is 0.0949. The molecule has 0 spiro atoms. The lowest BCUT2D eigenvalue weighted by Gasteiger charge is -2.32. The molecule has 1 aromatic carbocycles. The molecule has 4 rings (SSSR count). The first-order valence-corrected chi connectivity index (χ1v) is 10.0. The third kappa shape index (κ3) is 3.76. The number of likely N-dealkylation sites (tertiary alicyclic amines) is 1. The minimum absolute atomic E-state index is 0.0949. The normalized spacial score (nSPS) is 17.1. The molecule has 1 aliphatic rings. The van der Waals surface area contributed by atoms with Gasteiger partial charge in [0.2, 0.25) is 0 Å². The van der Waals surface area contributed by atoms with E-state index in [1.807, 2.05) is 49.1 Å². The number of rotatable bonds is 3. The summed E-state index contributed by atoms with van der Waals surface area (Å²) in [5.41, 5.74) is 3.92. The van der Waals surface area contributed by atoms with Gasteiger partial charge in [0.25, 0.3) is 5.91 Å². The van der Waals surface area contributed by atoms with Gasteiger partial charge in [0, 0.05) is 36.5 Å². The first-order valence-electron chi connectivity index (χ1n) is 9.21. The van der Waals surface area contributed by atoms with E-state index in [4.69, 9.17) is 0 Å². The van der Waals surface area contributed by atoms with E-state index < -0.39 is 0 Å². The summed E-state index contributed by atoms with van der Waals surface area (Å²) in [6.45, 7) is 5.56. The number of amides is 1. The van der Waals surface area contributed by atoms with Gasteiger partial charge >= 0.3 is 0 Å². The van der Waals surface area contributed by atoms with Gasteiger partial charge in [-0.25, -0.2) is 15.0 Å². The smallest absolute Gasteiger partial charge is 0.253 e. The minimum Gasteiger partial charge on any atom is -0.338 e. The number of thiazole rings is 1. The maximum absolute atomic E-state index is 13.0. The summed E-state index contributed by atoms with van der Waals surface area (Å²) in [4.78, 5) is 29.0. The lowest BCUT2D eigenvalue weighted by Crippen LogP contribution is -2.39. The van der Waals surface area contributed by atoms with Gasteiger partial charge in [-0.15, -0.1) is 11.3 Å². The molecule has 1 amide bonds. The largest absolute Gasteiger partial charge is 0.338 e. The van der Waals surface area contributed by atoms with E-state index in [1.54, 1.807) is 23.9 Å². The number of benzene rings is 1. The summed E-state index contributed by atoms with van der Waals surface area (Å²) >= 11 is 1.69. The molecule has 0 aliphatic carbocycles. The van der Waals surface area contributed by atoms with Crippen LogP contribution < -0.4 is 0 Å². The van der Waals surface area contributed by atoms with Crippen LogP contribution in [0.25, 0.3) is 10.4 Å². The second kappa shape index (κ2) is 7.56. The first-order chi connectivity index (χ1) is 13.1. The van der Waals surface area contributed by atoms with Crippen LogP contribution in [0.1, 0.15) is 45.5 Å². The van der Waals surface area contributed by atoms with Gasteiger partial charge in [0.1, 0.15) is 6.33 Å². The zero-order valence-electron chi connectivity index (χ0n) is 15.6. The quantitative estimate of drug-likeness (QED) is 0.684. The highest BCUT2D eigenvalue weighted by molar-refractivity contribution is 7.15. The van der Waals surface area contributed by atoms with Gasteiger partial charge < -0.3 is 4.90 Å². The highest BCUT2D eigenvalue weighted by atomic mass is 32.1. The molecule has 1 fully saturated rings. The Hall–Kier alpha value is -2.60. The summed E-state index contributed by atoms with van der Waals surface area (Å²) in [6.07, 6.45) is 5.41. The number of carbonyl (C=O) groups excluding carboxylic acids is 1. The molecule has 138 valence electrons. The molecule has 6 heteroatoms. The summed E-state index contributed by atoms with van der Waals surface area (Å²) in [7, 11) is 0. The zero-order valence-corrected chi connectivity index (χ0v) is 16.4. The third-order valence-corrected chi connectivity index (χ3v) is 6.15. The Labute approximate surface area is 163 Å². The summed E-state index contributed by atoms with van der Waals surface area (Å²) < 4.78 is 0. The van der Waals surface area contributed by atoms with Crippen LogP contribution >= 0.6 is 11.3 Å². The molecule has 3 heterocycles. The SMILES string of the molecule is Cc1nc(C)c(-c2ccc(C(=O)N3CCC[C@H](c4ccncn4)C3)cc2)s1. The number of nitrogens with zero attached hydrogens (tertiary/aromatic N) is 4. The van der Waals surface area contributed by atoms with E-state index in [2.05, 4.69) is 15.0 Å². The van der Waals surface area contributed by atoms with Crippen molar-refractivity contribution in [2.45, 2.75) is 32.6 Å². The Balaban J connectivity index is 1.50. The van der Waals surface area contributed by atoms with Crippen LogP contribution in [0.5, 0.6) is 0 Å². The average molecular weight is 379 g/mol. The van der Waals surface area contributed by atoms with Gasteiger partial charge in [0.15, 0.2) is 0 Å². The molecule has 1 aliphatic heterocycles. The molecule has 0 N–H and O–H groups in total. The van der Waals surface area contributed by atoms with Crippen LogP contribution in [-0.2, 0) is 0 Å². The van der Waals surface area contributed by atoms with E-state index in [-0.39, 0.29) is 11.8 Å². The lowest BCUT2D eigenvalue weighted by atomic mass is 9.94. The summed E-state index contributed by atoms with van der Waals surface area (Å²) in [5, 5.41) is 1.06. The van der Waals surface area contributed by atoms with Gasteiger partial charge in [-0.1, -0.05) is 12.1 Å². The highest BCUT2D eigenvalue weighted by Crippen LogP contribution is 2.30. The van der Waals surface area contributed by atoms with E-state index >= 15 is 0 Å². The molecule has 2 aromatic heterocycles. The number of piperidine rings is 1. The maximum atomic E-state index is 13.0. The molecule has 1 saturated heterocycles. The van der Waals surface area contributed by atoms with Crippen LogP contribution in [0.2, 0.25) is 0 Å². The van der Waals surface area contributed by atoms with Crippen molar-refractivity contribution in [1.29, 1.82) is 0 Å². The molecule has 0 unspecified atom stereocenters. The lowest BCUT2D eigenvalue weighted by molar-refractivity contribution is 0.0706. The highest BCUT2D eigenvalue weighted by Gasteiger charge is 2.26. The molecule has 0 bridgehead atoms. The fraction of sp³-hybridized carbons (Fsp3) is 0.333.